The third kappa shape index (κ3) is 3.35. The molecule has 1 amide bonds. The smallest absolute Gasteiger partial charge is 0.255 e. The normalized spacial score (nSPS) is 10.4. The van der Waals surface area contributed by atoms with Crippen LogP contribution in [0.1, 0.15) is 15.9 Å². The number of aromatic hydroxyl groups is 2. The van der Waals surface area contributed by atoms with Crippen LogP contribution in [0, 0.1) is 0 Å². The first-order valence-corrected chi connectivity index (χ1v) is 7.95. The highest BCUT2D eigenvalue weighted by Crippen LogP contribution is 2.28. The Hall–Kier alpha value is -2.79. The number of phenols is 2. The number of phenolic OH excluding ortho intramolecular Hbond substituents is 2. The minimum Gasteiger partial charge on any atom is -0.504 e. The van der Waals surface area contributed by atoms with Gasteiger partial charge in [-0.15, -0.1) is 11.3 Å². The molecule has 0 aliphatic heterocycles. The van der Waals surface area contributed by atoms with Gasteiger partial charge in [0.25, 0.3) is 5.91 Å². The highest BCUT2D eigenvalue weighted by Gasteiger charge is 2.13. The zero-order chi connectivity index (χ0) is 16.2. The molecule has 5 heteroatoms. The minimum atomic E-state index is -0.430. The van der Waals surface area contributed by atoms with Gasteiger partial charge in [-0.3, -0.25) is 4.79 Å². The van der Waals surface area contributed by atoms with Gasteiger partial charge in [0.05, 0.1) is 5.56 Å². The van der Waals surface area contributed by atoms with E-state index in [4.69, 9.17) is 0 Å². The van der Waals surface area contributed by atoms with Crippen LogP contribution in [0.3, 0.4) is 0 Å². The van der Waals surface area contributed by atoms with Crippen molar-refractivity contribution in [2.24, 2.45) is 0 Å². The molecule has 2 aromatic carbocycles. The third-order valence-electron chi connectivity index (χ3n) is 3.47. The summed E-state index contributed by atoms with van der Waals surface area (Å²) in [6, 6.07) is 16.3. The average molecular weight is 325 g/mol. The van der Waals surface area contributed by atoms with Crippen LogP contribution in [-0.4, -0.2) is 16.1 Å². The lowest BCUT2D eigenvalue weighted by atomic mass is 10.1. The zero-order valence-electron chi connectivity index (χ0n) is 12.2. The van der Waals surface area contributed by atoms with E-state index in [-0.39, 0.29) is 11.3 Å². The summed E-state index contributed by atoms with van der Waals surface area (Å²) in [4.78, 5) is 13.3. The molecule has 0 unspecified atom stereocenters. The molecule has 0 aliphatic rings. The fourth-order valence-corrected chi connectivity index (χ4v) is 2.95. The summed E-state index contributed by atoms with van der Waals surface area (Å²) < 4.78 is 0. The number of hydrogen-bond donors (Lipinski definition) is 3. The first-order valence-electron chi connectivity index (χ1n) is 7.07. The number of rotatable bonds is 4. The lowest BCUT2D eigenvalue weighted by Gasteiger charge is -2.08. The quantitative estimate of drug-likeness (QED) is 0.640. The molecule has 0 bridgehead atoms. The highest BCUT2D eigenvalue weighted by molar-refractivity contribution is 7.13. The van der Waals surface area contributed by atoms with Gasteiger partial charge in [-0.05, 0) is 34.7 Å². The summed E-state index contributed by atoms with van der Waals surface area (Å²) in [5.41, 5.74) is 2.15. The van der Waals surface area contributed by atoms with Crippen molar-refractivity contribution in [3.63, 3.8) is 0 Å². The molecular formula is C18H15NO3S. The van der Waals surface area contributed by atoms with Gasteiger partial charge in [0.1, 0.15) is 0 Å². The molecule has 0 saturated carbocycles. The highest BCUT2D eigenvalue weighted by atomic mass is 32.1. The molecule has 1 heterocycles. The number of amides is 1. The van der Waals surface area contributed by atoms with Gasteiger partial charge in [-0.2, -0.15) is 0 Å². The monoisotopic (exact) mass is 325 g/mol. The van der Waals surface area contributed by atoms with Crippen LogP contribution >= 0.6 is 11.3 Å². The standard InChI is InChI=1S/C18H15NO3S/c20-15-4-1-3-14(17(15)21)18(22)19-11-12-6-8-13(9-7-12)16-5-2-10-23-16/h1-10,20-21H,11H2,(H,19,22). The number of benzene rings is 2. The van der Waals surface area contributed by atoms with E-state index in [1.807, 2.05) is 35.7 Å². The Balaban J connectivity index is 1.66. The van der Waals surface area contributed by atoms with Crippen LogP contribution in [0.15, 0.2) is 60.0 Å². The van der Waals surface area contributed by atoms with Crippen molar-refractivity contribution in [1.82, 2.24) is 5.32 Å². The van der Waals surface area contributed by atoms with Crippen molar-refractivity contribution in [1.29, 1.82) is 0 Å². The zero-order valence-corrected chi connectivity index (χ0v) is 13.0. The Bertz CT molecular complexity index is 811. The molecule has 0 saturated heterocycles. The van der Waals surface area contributed by atoms with Crippen LogP contribution in [0.25, 0.3) is 10.4 Å². The molecule has 0 radical (unpaired) electrons. The number of carbonyl (C=O) groups is 1. The molecule has 3 rings (SSSR count). The number of carbonyl (C=O) groups excluding carboxylic acids is 1. The summed E-state index contributed by atoms with van der Waals surface area (Å²) in [6.07, 6.45) is 0. The van der Waals surface area contributed by atoms with E-state index in [0.717, 1.165) is 11.1 Å². The molecule has 3 N–H and O–H groups in total. The number of hydrogen-bond acceptors (Lipinski definition) is 4. The van der Waals surface area contributed by atoms with E-state index >= 15 is 0 Å². The van der Waals surface area contributed by atoms with E-state index < -0.39 is 11.7 Å². The fourth-order valence-electron chi connectivity index (χ4n) is 2.22. The van der Waals surface area contributed by atoms with Crippen molar-refractivity contribution < 1.29 is 15.0 Å². The topological polar surface area (TPSA) is 69.6 Å². The molecule has 4 nitrogen and oxygen atoms in total. The van der Waals surface area contributed by atoms with Crippen molar-refractivity contribution in [2.75, 3.05) is 0 Å². The van der Waals surface area contributed by atoms with Crippen molar-refractivity contribution in [3.8, 4) is 21.9 Å². The van der Waals surface area contributed by atoms with E-state index in [1.165, 1.54) is 23.1 Å². The van der Waals surface area contributed by atoms with Gasteiger partial charge in [-0.25, -0.2) is 0 Å². The fraction of sp³-hybridized carbons (Fsp3) is 0.0556. The third-order valence-corrected chi connectivity index (χ3v) is 4.39. The molecule has 116 valence electrons. The predicted molar refractivity (Wildman–Crippen MR) is 90.7 cm³/mol. The molecular weight excluding hydrogens is 310 g/mol. The summed E-state index contributed by atoms with van der Waals surface area (Å²) in [7, 11) is 0. The number of thiophene rings is 1. The molecule has 0 aliphatic carbocycles. The maximum Gasteiger partial charge on any atom is 0.255 e. The molecule has 23 heavy (non-hydrogen) atoms. The summed E-state index contributed by atoms with van der Waals surface area (Å²) in [5, 5.41) is 23.9. The second-order valence-corrected chi connectivity index (χ2v) is 5.98. The summed E-state index contributed by atoms with van der Waals surface area (Å²) >= 11 is 1.68. The summed E-state index contributed by atoms with van der Waals surface area (Å²) in [6.45, 7) is 0.346. The van der Waals surface area contributed by atoms with Crippen LogP contribution in [0.2, 0.25) is 0 Å². The van der Waals surface area contributed by atoms with Crippen LogP contribution in [0.4, 0.5) is 0 Å². The van der Waals surface area contributed by atoms with Crippen molar-refractivity contribution in [3.05, 3.63) is 71.1 Å². The lowest BCUT2D eigenvalue weighted by molar-refractivity contribution is 0.0947. The maximum atomic E-state index is 12.1. The summed E-state index contributed by atoms with van der Waals surface area (Å²) in [5.74, 6) is -1.14. The second-order valence-electron chi connectivity index (χ2n) is 5.03. The Labute approximate surface area is 137 Å². The Morgan fingerprint density at radius 1 is 1.00 bits per heavy atom. The van der Waals surface area contributed by atoms with Gasteiger partial charge in [0.15, 0.2) is 11.5 Å². The molecule has 1 aromatic heterocycles. The van der Waals surface area contributed by atoms with Gasteiger partial charge in [0, 0.05) is 11.4 Å². The molecule has 0 spiro atoms. The largest absolute Gasteiger partial charge is 0.504 e. The SMILES string of the molecule is O=C(NCc1ccc(-c2cccs2)cc1)c1cccc(O)c1O. The van der Waals surface area contributed by atoms with Gasteiger partial charge >= 0.3 is 0 Å². The molecule has 0 fully saturated rings. The van der Waals surface area contributed by atoms with E-state index in [2.05, 4.69) is 11.4 Å². The molecule has 3 aromatic rings. The molecule has 0 atom stereocenters. The minimum absolute atomic E-state index is 0.0557. The first-order chi connectivity index (χ1) is 11.1. The number of para-hydroxylation sites is 1. The predicted octanol–water partition coefficient (Wildman–Crippen LogP) is 3.76. The first kappa shape index (κ1) is 15.1. The lowest BCUT2D eigenvalue weighted by Crippen LogP contribution is -2.22. The average Bonchev–Trinajstić information content (AvgIpc) is 3.10. The Kier molecular flexibility index (Phi) is 4.30. The van der Waals surface area contributed by atoms with Crippen LogP contribution < -0.4 is 5.32 Å². The van der Waals surface area contributed by atoms with Crippen LogP contribution in [0.5, 0.6) is 11.5 Å². The van der Waals surface area contributed by atoms with Crippen molar-refractivity contribution in [2.45, 2.75) is 6.54 Å². The van der Waals surface area contributed by atoms with Gasteiger partial charge < -0.3 is 15.5 Å². The van der Waals surface area contributed by atoms with Gasteiger partial charge in [0.2, 0.25) is 0 Å². The Morgan fingerprint density at radius 3 is 2.48 bits per heavy atom. The van der Waals surface area contributed by atoms with Gasteiger partial charge in [-0.1, -0.05) is 36.4 Å². The Morgan fingerprint density at radius 2 is 1.78 bits per heavy atom. The second kappa shape index (κ2) is 6.54. The maximum absolute atomic E-state index is 12.1. The van der Waals surface area contributed by atoms with Crippen molar-refractivity contribution >= 4 is 17.2 Å². The van der Waals surface area contributed by atoms with E-state index in [0.29, 0.717) is 6.54 Å². The van der Waals surface area contributed by atoms with E-state index in [1.54, 1.807) is 11.3 Å². The van der Waals surface area contributed by atoms with E-state index in [9.17, 15) is 15.0 Å². The number of nitrogens with one attached hydrogen (secondary N) is 1. The van der Waals surface area contributed by atoms with Crippen LogP contribution in [-0.2, 0) is 6.54 Å².